The van der Waals surface area contributed by atoms with Gasteiger partial charge in [-0.15, -0.1) is 0 Å². The second-order valence-electron chi connectivity index (χ2n) is 5.70. The summed E-state index contributed by atoms with van der Waals surface area (Å²) < 4.78 is 30.5. The fourth-order valence-corrected chi connectivity index (χ4v) is 3.56. The van der Waals surface area contributed by atoms with Crippen LogP contribution in [0.4, 0.5) is 11.4 Å². The van der Waals surface area contributed by atoms with Gasteiger partial charge in [0.05, 0.1) is 19.1 Å². The molecule has 1 N–H and O–H groups in total. The molecule has 6 nitrogen and oxygen atoms in total. The summed E-state index contributed by atoms with van der Waals surface area (Å²) in [6.45, 7) is 0.203. The Bertz CT molecular complexity index is 854. The largest absolute Gasteiger partial charge is 0.497 e. The smallest absolute Gasteiger partial charge is 0.232 e. The maximum Gasteiger partial charge on any atom is 0.232 e. The number of hydrogen-bond donors (Lipinski definition) is 1. The molecule has 0 spiro atoms. The van der Waals surface area contributed by atoms with E-state index >= 15 is 0 Å². The highest BCUT2D eigenvalue weighted by molar-refractivity contribution is 7.92. The first-order chi connectivity index (χ1) is 12.3. The molecule has 26 heavy (non-hydrogen) atoms. The molecule has 0 radical (unpaired) electrons. The molecule has 0 aliphatic heterocycles. The summed E-state index contributed by atoms with van der Waals surface area (Å²) >= 11 is 5.88. The average Bonchev–Trinajstić information content (AvgIpc) is 2.58. The fraction of sp³-hybridized carbons (Fsp3) is 0.278. The zero-order chi connectivity index (χ0) is 19.2. The lowest BCUT2D eigenvalue weighted by Crippen LogP contribution is -2.31. The normalized spacial score (nSPS) is 11.0. The zero-order valence-electron chi connectivity index (χ0n) is 14.6. The van der Waals surface area contributed by atoms with E-state index in [0.717, 1.165) is 6.26 Å². The van der Waals surface area contributed by atoms with Crippen molar-refractivity contribution in [1.82, 2.24) is 0 Å². The SMILES string of the molecule is COc1ccc(N(CCCC(=O)Nc2cccc(Cl)c2)S(C)(=O)=O)cc1. The van der Waals surface area contributed by atoms with Crippen LogP contribution < -0.4 is 14.4 Å². The van der Waals surface area contributed by atoms with E-state index in [1.54, 1.807) is 55.6 Å². The summed E-state index contributed by atoms with van der Waals surface area (Å²) in [5.74, 6) is 0.443. The molecule has 0 saturated carbocycles. The number of carbonyl (C=O) groups excluding carboxylic acids is 1. The predicted molar refractivity (Wildman–Crippen MR) is 104 cm³/mol. The van der Waals surface area contributed by atoms with Crippen LogP contribution in [0, 0.1) is 0 Å². The Kier molecular flexibility index (Phi) is 6.88. The van der Waals surface area contributed by atoms with Gasteiger partial charge in [-0.2, -0.15) is 0 Å². The first-order valence-corrected chi connectivity index (χ1v) is 10.2. The fourth-order valence-electron chi connectivity index (χ4n) is 2.41. The van der Waals surface area contributed by atoms with Gasteiger partial charge in [0.1, 0.15) is 5.75 Å². The van der Waals surface area contributed by atoms with Gasteiger partial charge in [0, 0.05) is 23.7 Å². The Hall–Kier alpha value is -2.25. The molecule has 2 aromatic rings. The van der Waals surface area contributed by atoms with Crippen molar-refractivity contribution in [2.75, 3.05) is 29.5 Å². The van der Waals surface area contributed by atoms with Crippen LogP contribution in [0.15, 0.2) is 48.5 Å². The highest BCUT2D eigenvalue weighted by atomic mass is 35.5. The van der Waals surface area contributed by atoms with Crippen LogP contribution in [-0.4, -0.2) is 34.2 Å². The molecular weight excluding hydrogens is 376 g/mol. The minimum absolute atomic E-state index is 0.189. The Morgan fingerprint density at radius 3 is 2.46 bits per heavy atom. The van der Waals surface area contributed by atoms with Gasteiger partial charge < -0.3 is 10.1 Å². The van der Waals surface area contributed by atoms with E-state index in [9.17, 15) is 13.2 Å². The lowest BCUT2D eigenvalue weighted by Gasteiger charge is -2.22. The molecular formula is C18H21ClN2O4S. The minimum atomic E-state index is -3.46. The van der Waals surface area contributed by atoms with Crippen molar-refractivity contribution in [1.29, 1.82) is 0 Å². The van der Waals surface area contributed by atoms with E-state index in [1.807, 2.05) is 0 Å². The highest BCUT2D eigenvalue weighted by Gasteiger charge is 2.17. The Morgan fingerprint density at radius 1 is 1.19 bits per heavy atom. The van der Waals surface area contributed by atoms with Crippen LogP contribution in [0.5, 0.6) is 5.75 Å². The van der Waals surface area contributed by atoms with Crippen LogP contribution in [0.25, 0.3) is 0 Å². The molecule has 0 atom stereocenters. The van der Waals surface area contributed by atoms with Crippen molar-refractivity contribution in [3.05, 3.63) is 53.6 Å². The third kappa shape index (κ3) is 5.93. The molecule has 0 bridgehead atoms. The van der Waals surface area contributed by atoms with Crippen LogP contribution >= 0.6 is 11.6 Å². The van der Waals surface area contributed by atoms with E-state index in [4.69, 9.17) is 16.3 Å². The number of halogens is 1. The maximum atomic E-state index is 12.1. The van der Waals surface area contributed by atoms with Crippen molar-refractivity contribution >= 4 is 38.9 Å². The number of sulfonamides is 1. The molecule has 8 heteroatoms. The Labute approximate surface area is 158 Å². The third-order valence-corrected chi connectivity index (χ3v) is 5.06. The number of rotatable bonds is 8. The van der Waals surface area contributed by atoms with Crippen molar-refractivity contribution in [2.45, 2.75) is 12.8 Å². The van der Waals surface area contributed by atoms with Crippen LogP contribution in [-0.2, 0) is 14.8 Å². The highest BCUT2D eigenvalue weighted by Crippen LogP contribution is 2.22. The number of ether oxygens (including phenoxy) is 1. The van der Waals surface area contributed by atoms with Gasteiger partial charge in [-0.05, 0) is 48.9 Å². The van der Waals surface area contributed by atoms with Crippen LogP contribution in [0.2, 0.25) is 5.02 Å². The lowest BCUT2D eigenvalue weighted by molar-refractivity contribution is -0.116. The van der Waals surface area contributed by atoms with Crippen LogP contribution in [0.3, 0.4) is 0 Å². The van der Waals surface area contributed by atoms with Gasteiger partial charge in [-0.25, -0.2) is 8.42 Å². The van der Waals surface area contributed by atoms with E-state index in [0.29, 0.717) is 28.6 Å². The number of methoxy groups -OCH3 is 1. The first-order valence-electron chi connectivity index (χ1n) is 7.97. The van der Waals surface area contributed by atoms with E-state index < -0.39 is 10.0 Å². The number of nitrogens with one attached hydrogen (secondary N) is 1. The molecule has 2 aromatic carbocycles. The summed E-state index contributed by atoms with van der Waals surface area (Å²) in [5, 5.41) is 3.28. The average molecular weight is 397 g/mol. The summed E-state index contributed by atoms with van der Waals surface area (Å²) in [6, 6.07) is 13.6. The molecule has 0 heterocycles. The monoisotopic (exact) mass is 396 g/mol. The predicted octanol–water partition coefficient (Wildman–Crippen LogP) is 3.53. The Balaban J connectivity index is 1.96. The van der Waals surface area contributed by atoms with Gasteiger partial charge in [-0.1, -0.05) is 17.7 Å². The first kappa shape index (κ1) is 20.1. The van der Waals surface area contributed by atoms with E-state index in [-0.39, 0.29) is 18.9 Å². The second-order valence-corrected chi connectivity index (χ2v) is 8.04. The van der Waals surface area contributed by atoms with Crippen molar-refractivity contribution in [3.63, 3.8) is 0 Å². The molecule has 2 rings (SSSR count). The number of amides is 1. The molecule has 1 amide bonds. The summed E-state index contributed by atoms with van der Waals surface area (Å²) in [7, 11) is -1.91. The third-order valence-electron chi connectivity index (χ3n) is 3.63. The number of hydrogen-bond acceptors (Lipinski definition) is 4. The number of benzene rings is 2. The summed E-state index contributed by atoms with van der Waals surface area (Å²) in [6.07, 6.45) is 1.71. The van der Waals surface area contributed by atoms with E-state index in [2.05, 4.69) is 5.32 Å². The van der Waals surface area contributed by atoms with Gasteiger partial charge in [0.2, 0.25) is 15.9 Å². The van der Waals surface area contributed by atoms with Crippen molar-refractivity contribution < 1.29 is 17.9 Å². The summed E-state index contributed by atoms with van der Waals surface area (Å²) in [5.41, 5.74) is 1.14. The standard InChI is InChI=1S/C18H21ClN2O4S/c1-25-17-10-8-16(9-11-17)21(26(2,23)24)12-4-7-18(22)20-15-6-3-5-14(19)13-15/h3,5-6,8-11,13H,4,7,12H2,1-2H3,(H,20,22). The van der Waals surface area contributed by atoms with Gasteiger partial charge >= 0.3 is 0 Å². The number of nitrogens with zero attached hydrogens (tertiary/aromatic N) is 1. The molecule has 0 saturated heterocycles. The lowest BCUT2D eigenvalue weighted by atomic mass is 10.2. The summed E-state index contributed by atoms with van der Waals surface area (Å²) in [4.78, 5) is 12.0. The van der Waals surface area contributed by atoms with Gasteiger partial charge in [0.25, 0.3) is 0 Å². The minimum Gasteiger partial charge on any atom is -0.497 e. The molecule has 0 aliphatic carbocycles. The van der Waals surface area contributed by atoms with Crippen molar-refractivity contribution in [2.24, 2.45) is 0 Å². The van der Waals surface area contributed by atoms with Crippen LogP contribution in [0.1, 0.15) is 12.8 Å². The topological polar surface area (TPSA) is 75.7 Å². The molecule has 140 valence electrons. The quantitative estimate of drug-likeness (QED) is 0.740. The zero-order valence-corrected chi connectivity index (χ0v) is 16.2. The van der Waals surface area contributed by atoms with Gasteiger partial charge in [0.15, 0.2) is 0 Å². The Morgan fingerprint density at radius 2 is 1.88 bits per heavy atom. The molecule has 0 aliphatic rings. The van der Waals surface area contributed by atoms with Gasteiger partial charge in [-0.3, -0.25) is 9.10 Å². The number of carbonyl (C=O) groups is 1. The maximum absolute atomic E-state index is 12.1. The number of anilines is 2. The molecule has 0 aromatic heterocycles. The molecule has 0 fully saturated rings. The molecule has 0 unspecified atom stereocenters. The second kappa shape index (κ2) is 8.91. The van der Waals surface area contributed by atoms with E-state index in [1.165, 1.54) is 4.31 Å². The van der Waals surface area contributed by atoms with Crippen molar-refractivity contribution in [3.8, 4) is 5.75 Å².